The van der Waals surface area contributed by atoms with Crippen LogP contribution in [0.3, 0.4) is 0 Å². The van der Waals surface area contributed by atoms with Gasteiger partial charge in [-0.25, -0.2) is 0 Å². The van der Waals surface area contributed by atoms with Crippen LogP contribution in [0.1, 0.15) is 44.3 Å². The lowest BCUT2D eigenvalue weighted by Gasteiger charge is -2.30. The van der Waals surface area contributed by atoms with Gasteiger partial charge >= 0.3 is 0 Å². The van der Waals surface area contributed by atoms with Gasteiger partial charge in [-0.3, -0.25) is 0 Å². The van der Waals surface area contributed by atoms with Gasteiger partial charge in [-0.05, 0) is 42.4 Å². The first kappa shape index (κ1) is 14.2. The fourth-order valence-corrected chi connectivity index (χ4v) is 3.04. The largest absolute Gasteiger partial charge is 0.497 e. The molecule has 0 bridgehead atoms. The molecule has 1 aromatic carbocycles. The van der Waals surface area contributed by atoms with Crippen LogP contribution in [0, 0.1) is 11.8 Å². The van der Waals surface area contributed by atoms with E-state index >= 15 is 0 Å². The summed E-state index contributed by atoms with van der Waals surface area (Å²) >= 11 is 0. The third-order valence-electron chi connectivity index (χ3n) is 4.14. The van der Waals surface area contributed by atoms with Crippen molar-refractivity contribution in [3.05, 3.63) is 23.8 Å². The number of rotatable bonds is 4. The summed E-state index contributed by atoms with van der Waals surface area (Å²) in [6, 6.07) is 5.65. The monoisotopic (exact) mass is 264 g/mol. The lowest BCUT2D eigenvalue weighted by Crippen LogP contribution is -2.20. The van der Waals surface area contributed by atoms with Crippen molar-refractivity contribution in [1.82, 2.24) is 0 Å². The molecule has 3 atom stereocenters. The van der Waals surface area contributed by atoms with Crippen molar-refractivity contribution in [2.45, 2.75) is 38.7 Å². The summed E-state index contributed by atoms with van der Waals surface area (Å²) < 4.78 is 10.5. The highest BCUT2D eigenvalue weighted by Gasteiger charge is 2.27. The molecule has 1 aliphatic carbocycles. The molecule has 0 amide bonds. The Morgan fingerprint density at radius 2 is 1.74 bits per heavy atom. The molecule has 0 spiro atoms. The molecule has 3 nitrogen and oxygen atoms in total. The second kappa shape index (κ2) is 6.29. The number of benzene rings is 1. The zero-order valence-corrected chi connectivity index (χ0v) is 12.1. The van der Waals surface area contributed by atoms with E-state index in [4.69, 9.17) is 9.47 Å². The Hall–Kier alpha value is -1.22. The van der Waals surface area contributed by atoms with Crippen LogP contribution in [0.15, 0.2) is 18.2 Å². The molecule has 1 N–H and O–H groups in total. The summed E-state index contributed by atoms with van der Waals surface area (Å²) in [5.74, 6) is 2.52. The molecule has 0 radical (unpaired) electrons. The molecule has 0 heterocycles. The predicted molar refractivity (Wildman–Crippen MR) is 75.6 cm³/mol. The van der Waals surface area contributed by atoms with Crippen LogP contribution >= 0.6 is 0 Å². The molecule has 19 heavy (non-hydrogen) atoms. The van der Waals surface area contributed by atoms with Crippen LogP contribution in [-0.2, 0) is 0 Å². The van der Waals surface area contributed by atoms with Gasteiger partial charge in [0.25, 0.3) is 0 Å². The molecule has 3 heteroatoms. The zero-order chi connectivity index (χ0) is 13.8. The fraction of sp³-hybridized carbons (Fsp3) is 0.625. The maximum Gasteiger partial charge on any atom is 0.122 e. The average molecular weight is 264 g/mol. The summed E-state index contributed by atoms with van der Waals surface area (Å²) in [7, 11) is 3.27. The Morgan fingerprint density at radius 3 is 2.26 bits per heavy atom. The summed E-state index contributed by atoms with van der Waals surface area (Å²) in [4.78, 5) is 0. The van der Waals surface area contributed by atoms with Gasteiger partial charge in [0.05, 0.1) is 20.3 Å². The number of ether oxygens (including phenoxy) is 2. The zero-order valence-electron chi connectivity index (χ0n) is 12.1. The minimum absolute atomic E-state index is 0.348. The Morgan fingerprint density at radius 1 is 1.11 bits per heavy atom. The summed E-state index contributed by atoms with van der Waals surface area (Å²) in [5.41, 5.74) is 0.898. The quantitative estimate of drug-likeness (QED) is 0.903. The summed E-state index contributed by atoms with van der Waals surface area (Å²) in [6.45, 7) is 2.27. The maximum absolute atomic E-state index is 10.6. The number of hydrogen-bond donors (Lipinski definition) is 1. The summed E-state index contributed by atoms with van der Waals surface area (Å²) in [5, 5.41) is 10.6. The van der Waals surface area contributed by atoms with Gasteiger partial charge in [-0.15, -0.1) is 0 Å². The second-order valence-electron chi connectivity index (χ2n) is 5.62. The maximum atomic E-state index is 10.6. The van der Waals surface area contributed by atoms with Crippen molar-refractivity contribution < 1.29 is 14.6 Å². The fourth-order valence-electron chi connectivity index (χ4n) is 3.04. The lowest BCUT2D eigenvalue weighted by molar-refractivity contribution is 0.0710. The van der Waals surface area contributed by atoms with Crippen LogP contribution in [-0.4, -0.2) is 19.3 Å². The number of hydrogen-bond acceptors (Lipinski definition) is 3. The Bertz CT molecular complexity index is 394. The Balaban J connectivity index is 2.19. The van der Waals surface area contributed by atoms with Crippen LogP contribution in [0.5, 0.6) is 11.5 Å². The van der Waals surface area contributed by atoms with E-state index in [2.05, 4.69) is 6.92 Å². The van der Waals surface area contributed by atoms with Gasteiger partial charge in [-0.1, -0.05) is 19.8 Å². The third kappa shape index (κ3) is 3.41. The molecular weight excluding hydrogens is 240 g/mol. The van der Waals surface area contributed by atoms with E-state index in [0.717, 1.165) is 29.9 Å². The number of aliphatic hydroxyl groups excluding tert-OH is 1. The van der Waals surface area contributed by atoms with E-state index in [1.54, 1.807) is 14.2 Å². The van der Waals surface area contributed by atoms with Crippen molar-refractivity contribution >= 4 is 0 Å². The highest BCUT2D eigenvalue weighted by atomic mass is 16.5. The van der Waals surface area contributed by atoms with Gasteiger partial charge < -0.3 is 14.6 Å². The molecule has 1 saturated carbocycles. The second-order valence-corrected chi connectivity index (χ2v) is 5.62. The van der Waals surface area contributed by atoms with Crippen molar-refractivity contribution in [3.63, 3.8) is 0 Å². The van der Waals surface area contributed by atoms with Gasteiger partial charge in [0, 0.05) is 6.07 Å². The van der Waals surface area contributed by atoms with E-state index in [1.807, 2.05) is 18.2 Å². The minimum Gasteiger partial charge on any atom is -0.497 e. The van der Waals surface area contributed by atoms with Gasteiger partial charge in [0.1, 0.15) is 11.5 Å². The van der Waals surface area contributed by atoms with Crippen LogP contribution in [0.25, 0.3) is 0 Å². The van der Waals surface area contributed by atoms with Crippen LogP contribution in [0.2, 0.25) is 0 Å². The van der Waals surface area contributed by atoms with Crippen LogP contribution < -0.4 is 9.47 Å². The molecule has 0 aromatic heterocycles. The van der Waals surface area contributed by atoms with E-state index in [1.165, 1.54) is 12.8 Å². The van der Waals surface area contributed by atoms with Crippen molar-refractivity contribution in [2.75, 3.05) is 14.2 Å². The predicted octanol–water partition coefficient (Wildman–Crippen LogP) is 3.56. The minimum atomic E-state index is -0.424. The summed E-state index contributed by atoms with van der Waals surface area (Å²) in [6.07, 6.45) is 4.27. The van der Waals surface area contributed by atoms with E-state index in [9.17, 15) is 5.11 Å². The topological polar surface area (TPSA) is 38.7 Å². The molecular formula is C16H24O3. The van der Waals surface area contributed by atoms with E-state index < -0.39 is 6.10 Å². The smallest absolute Gasteiger partial charge is 0.122 e. The van der Waals surface area contributed by atoms with E-state index in [-0.39, 0.29) is 0 Å². The SMILES string of the molecule is COc1cc(OC)cc(C(O)C2CCCC(C)C2)c1. The van der Waals surface area contributed by atoms with Gasteiger partial charge in [0.15, 0.2) is 0 Å². The molecule has 0 aliphatic heterocycles. The molecule has 0 saturated heterocycles. The lowest BCUT2D eigenvalue weighted by atomic mass is 9.78. The van der Waals surface area contributed by atoms with Gasteiger partial charge in [-0.2, -0.15) is 0 Å². The van der Waals surface area contributed by atoms with Crippen molar-refractivity contribution in [2.24, 2.45) is 11.8 Å². The first-order valence-electron chi connectivity index (χ1n) is 7.05. The average Bonchev–Trinajstić information content (AvgIpc) is 2.45. The molecule has 2 rings (SSSR count). The van der Waals surface area contributed by atoms with Crippen molar-refractivity contribution in [1.29, 1.82) is 0 Å². The Labute approximate surface area is 115 Å². The van der Waals surface area contributed by atoms with Gasteiger partial charge in [0.2, 0.25) is 0 Å². The van der Waals surface area contributed by atoms with Crippen molar-refractivity contribution in [3.8, 4) is 11.5 Å². The molecule has 1 aliphatic rings. The standard InChI is InChI=1S/C16H24O3/c1-11-5-4-6-12(7-11)16(17)13-8-14(18-2)10-15(9-13)19-3/h8-12,16-17H,4-7H2,1-3H3. The highest BCUT2D eigenvalue weighted by Crippen LogP contribution is 2.38. The van der Waals surface area contributed by atoms with E-state index in [0.29, 0.717) is 11.8 Å². The molecule has 106 valence electrons. The number of aliphatic hydroxyl groups is 1. The first-order valence-corrected chi connectivity index (χ1v) is 7.05. The highest BCUT2D eigenvalue weighted by molar-refractivity contribution is 5.39. The molecule has 1 fully saturated rings. The normalized spacial score (nSPS) is 24.8. The first-order chi connectivity index (χ1) is 9.13. The third-order valence-corrected chi connectivity index (χ3v) is 4.14. The number of methoxy groups -OCH3 is 2. The molecule has 1 aromatic rings. The Kier molecular flexibility index (Phi) is 4.70. The molecule has 3 unspecified atom stereocenters. The van der Waals surface area contributed by atoms with Crippen LogP contribution in [0.4, 0.5) is 0 Å².